The maximum absolute atomic E-state index is 12.6. The van der Waals surface area contributed by atoms with Gasteiger partial charge in [0.2, 0.25) is 0 Å². The summed E-state index contributed by atoms with van der Waals surface area (Å²) in [7, 11) is 0. The van der Waals surface area contributed by atoms with Crippen molar-refractivity contribution in [2.24, 2.45) is 0 Å². The molecule has 5 nitrogen and oxygen atoms in total. The fraction of sp³-hybridized carbons (Fsp3) is 0.200. The van der Waals surface area contributed by atoms with Crippen molar-refractivity contribution >= 4 is 41.2 Å². The van der Waals surface area contributed by atoms with Crippen LogP contribution < -0.4 is 10.1 Å². The Kier molecular flexibility index (Phi) is 5.73. The first kappa shape index (κ1) is 19.3. The Hall–Kier alpha value is -2.50. The van der Waals surface area contributed by atoms with Gasteiger partial charge in [0, 0.05) is 5.02 Å². The first-order valence-corrected chi connectivity index (χ1v) is 9.14. The van der Waals surface area contributed by atoms with Crippen LogP contribution in [-0.2, 0) is 11.3 Å². The molecule has 3 amide bonds. The van der Waals surface area contributed by atoms with E-state index < -0.39 is 11.9 Å². The Labute approximate surface area is 167 Å². The predicted molar refractivity (Wildman–Crippen MR) is 106 cm³/mol. The molecule has 1 fully saturated rings. The first-order chi connectivity index (χ1) is 12.8. The highest BCUT2D eigenvalue weighted by molar-refractivity contribution is 6.32. The van der Waals surface area contributed by atoms with Gasteiger partial charge >= 0.3 is 6.03 Å². The number of halogens is 2. The van der Waals surface area contributed by atoms with Gasteiger partial charge in [-0.3, -0.25) is 9.69 Å². The zero-order valence-electron chi connectivity index (χ0n) is 14.8. The Bertz CT molecular complexity index is 908. The van der Waals surface area contributed by atoms with Crippen LogP contribution in [-0.4, -0.2) is 22.9 Å². The summed E-state index contributed by atoms with van der Waals surface area (Å²) >= 11 is 12.1. The summed E-state index contributed by atoms with van der Waals surface area (Å²) in [6.07, 6.45) is 1.59. The molecule has 1 aliphatic rings. The fourth-order valence-corrected chi connectivity index (χ4v) is 2.97. The van der Waals surface area contributed by atoms with Gasteiger partial charge in [0.1, 0.15) is 11.4 Å². The summed E-state index contributed by atoms with van der Waals surface area (Å²) in [6, 6.07) is 11.7. The van der Waals surface area contributed by atoms with Crippen molar-refractivity contribution in [2.45, 2.75) is 26.5 Å². The topological polar surface area (TPSA) is 58.6 Å². The van der Waals surface area contributed by atoms with Crippen molar-refractivity contribution in [3.8, 4) is 5.75 Å². The third-order valence-corrected chi connectivity index (χ3v) is 4.39. The Morgan fingerprint density at radius 3 is 2.44 bits per heavy atom. The average Bonchev–Trinajstić information content (AvgIpc) is 2.86. The smallest absolute Gasteiger partial charge is 0.329 e. The van der Waals surface area contributed by atoms with Crippen molar-refractivity contribution in [1.29, 1.82) is 0 Å². The highest BCUT2D eigenvalue weighted by Crippen LogP contribution is 2.28. The molecule has 0 atom stereocenters. The summed E-state index contributed by atoms with van der Waals surface area (Å²) < 4.78 is 5.59. The summed E-state index contributed by atoms with van der Waals surface area (Å²) in [5.41, 5.74) is 1.69. The van der Waals surface area contributed by atoms with Crippen LogP contribution in [0.25, 0.3) is 6.08 Å². The van der Waals surface area contributed by atoms with Gasteiger partial charge < -0.3 is 10.1 Å². The molecule has 27 heavy (non-hydrogen) atoms. The molecule has 1 heterocycles. The van der Waals surface area contributed by atoms with Crippen molar-refractivity contribution in [3.05, 3.63) is 69.3 Å². The van der Waals surface area contributed by atoms with Crippen LogP contribution in [0.5, 0.6) is 5.75 Å². The van der Waals surface area contributed by atoms with Crippen molar-refractivity contribution in [3.63, 3.8) is 0 Å². The molecule has 0 aliphatic carbocycles. The van der Waals surface area contributed by atoms with Gasteiger partial charge in [-0.15, -0.1) is 0 Å². The van der Waals surface area contributed by atoms with E-state index in [1.807, 2.05) is 13.8 Å². The van der Waals surface area contributed by atoms with Crippen molar-refractivity contribution in [1.82, 2.24) is 10.2 Å². The molecule has 0 aromatic heterocycles. The molecule has 3 rings (SSSR count). The van der Waals surface area contributed by atoms with Gasteiger partial charge in [-0.25, -0.2) is 4.79 Å². The number of carbonyl (C=O) groups excluding carboxylic acids is 2. The van der Waals surface area contributed by atoms with Crippen LogP contribution in [0.3, 0.4) is 0 Å². The van der Waals surface area contributed by atoms with E-state index >= 15 is 0 Å². The fourth-order valence-electron chi connectivity index (χ4n) is 2.61. The average molecular weight is 405 g/mol. The number of urea groups is 1. The van der Waals surface area contributed by atoms with Crippen LogP contribution in [0.1, 0.15) is 25.0 Å². The van der Waals surface area contributed by atoms with Crippen LogP contribution in [0.4, 0.5) is 4.79 Å². The molecule has 2 aromatic rings. The quantitative estimate of drug-likeness (QED) is 0.570. The number of imide groups is 1. The number of nitrogens with one attached hydrogen (secondary N) is 1. The minimum atomic E-state index is -0.466. The van der Waals surface area contributed by atoms with Gasteiger partial charge in [0.05, 0.1) is 17.7 Å². The minimum absolute atomic E-state index is 0.00355. The van der Waals surface area contributed by atoms with Gasteiger partial charge in [0.15, 0.2) is 0 Å². The lowest BCUT2D eigenvalue weighted by atomic mass is 10.1. The molecule has 2 aromatic carbocycles. The largest absolute Gasteiger partial charge is 0.489 e. The van der Waals surface area contributed by atoms with Gasteiger partial charge in [0.25, 0.3) is 5.91 Å². The number of nitrogens with zero attached hydrogens (tertiary/aromatic N) is 1. The molecule has 1 N–H and O–H groups in total. The highest BCUT2D eigenvalue weighted by Gasteiger charge is 2.33. The number of ether oxygens (including phenoxy) is 1. The second-order valence-corrected chi connectivity index (χ2v) is 7.21. The number of hydrogen-bond acceptors (Lipinski definition) is 3. The summed E-state index contributed by atoms with van der Waals surface area (Å²) in [5.74, 6) is 0.175. The molecule has 140 valence electrons. The number of benzene rings is 2. The Morgan fingerprint density at radius 1 is 1.11 bits per heavy atom. The lowest BCUT2D eigenvalue weighted by Crippen LogP contribution is -2.30. The second-order valence-electron chi connectivity index (χ2n) is 6.36. The van der Waals surface area contributed by atoms with Crippen LogP contribution in [0.15, 0.2) is 48.2 Å². The molecule has 7 heteroatoms. The van der Waals surface area contributed by atoms with E-state index in [9.17, 15) is 9.59 Å². The molecular weight excluding hydrogens is 387 g/mol. The van der Waals surface area contributed by atoms with Gasteiger partial charge in [-0.1, -0.05) is 41.4 Å². The van der Waals surface area contributed by atoms with Crippen LogP contribution in [0, 0.1) is 0 Å². The van der Waals surface area contributed by atoms with Gasteiger partial charge in [-0.05, 0) is 55.3 Å². The molecule has 0 bridgehead atoms. The third-order valence-electron chi connectivity index (χ3n) is 3.85. The van der Waals surface area contributed by atoms with E-state index in [1.165, 1.54) is 0 Å². The van der Waals surface area contributed by atoms with Crippen LogP contribution >= 0.6 is 23.2 Å². The maximum atomic E-state index is 12.6. The second kappa shape index (κ2) is 8.03. The normalized spacial score (nSPS) is 15.6. The molecule has 0 unspecified atom stereocenters. The van der Waals surface area contributed by atoms with Crippen molar-refractivity contribution in [2.75, 3.05) is 0 Å². The maximum Gasteiger partial charge on any atom is 0.329 e. The van der Waals surface area contributed by atoms with E-state index in [-0.39, 0.29) is 18.3 Å². The molecule has 0 radical (unpaired) electrons. The van der Waals surface area contributed by atoms with E-state index in [1.54, 1.807) is 48.5 Å². The van der Waals surface area contributed by atoms with E-state index in [0.717, 1.165) is 10.5 Å². The number of rotatable bonds is 5. The molecule has 0 spiro atoms. The monoisotopic (exact) mass is 404 g/mol. The minimum Gasteiger partial charge on any atom is -0.489 e. The standard InChI is InChI=1S/C20H18Cl2N2O3/c1-12(2)27-18-8-5-14(9-16(18)22)10-17-19(25)24(20(26)23-17)11-13-3-6-15(21)7-4-13/h3-10,12H,11H2,1-2H3,(H,23,26)/b17-10-. The number of carbonyl (C=O) groups is 2. The van der Waals surface area contributed by atoms with Gasteiger partial charge in [-0.2, -0.15) is 0 Å². The first-order valence-electron chi connectivity index (χ1n) is 8.38. The van der Waals surface area contributed by atoms with Crippen LogP contribution in [0.2, 0.25) is 10.0 Å². The summed E-state index contributed by atoms with van der Waals surface area (Å²) in [5, 5.41) is 3.63. The Morgan fingerprint density at radius 2 is 1.81 bits per heavy atom. The predicted octanol–water partition coefficient (Wildman–Crippen LogP) is 4.87. The van der Waals surface area contributed by atoms with E-state index in [4.69, 9.17) is 27.9 Å². The van der Waals surface area contributed by atoms with E-state index in [0.29, 0.717) is 21.4 Å². The number of amides is 3. The number of hydrogen-bond donors (Lipinski definition) is 1. The summed E-state index contributed by atoms with van der Waals surface area (Å²) in [4.78, 5) is 25.9. The molecule has 0 saturated carbocycles. The molecule has 1 saturated heterocycles. The highest BCUT2D eigenvalue weighted by atomic mass is 35.5. The van der Waals surface area contributed by atoms with Crippen molar-refractivity contribution < 1.29 is 14.3 Å². The zero-order chi connectivity index (χ0) is 19.6. The Balaban J connectivity index is 1.77. The molecular formula is C20H18Cl2N2O3. The lowest BCUT2D eigenvalue weighted by Gasteiger charge is -2.12. The lowest BCUT2D eigenvalue weighted by molar-refractivity contribution is -0.123. The summed E-state index contributed by atoms with van der Waals surface area (Å²) in [6.45, 7) is 3.99. The third kappa shape index (κ3) is 4.62. The van der Waals surface area contributed by atoms with E-state index in [2.05, 4.69) is 5.32 Å². The zero-order valence-corrected chi connectivity index (χ0v) is 16.3. The SMILES string of the molecule is CC(C)Oc1ccc(/C=C2\NC(=O)N(Cc3ccc(Cl)cc3)C2=O)cc1Cl. The molecule has 1 aliphatic heterocycles.